The van der Waals surface area contributed by atoms with Gasteiger partial charge in [0.05, 0.1) is 10.5 Å². The highest BCUT2D eigenvalue weighted by molar-refractivity contribution is 5.93. The summed E-state index contributed by atoms with van der Waals surface area (Å²) in [5.74, 6) is -0.930. The number of nitro groups is 1. The Labute approximate surface area is 156 Å². The first-order chi connectivity index (χ1) is 13.1. The van der Waals surface area contributed by atoms with Crippen molar-refractivity contribution >= 4 is 17.6 Å². The summed E-state index contributed by atoms with van der Waals surface area (Å²) < 4.78 is 5.54. The van der Waals surface area contributed by atoms with Gasteiger partial charge in [0, 0.05) is 30.8 Å². The molecule has 1 fully saturated rings. The quantitative estimate of drug-likeness (QED) is 0.458. The molecule has 1 unspecified atom stereocenters. The van der Waals surface area contributed by atoms with Gasteiger partial charge in [-0.15, -0.1) is 0 Å². The first kappa shape index (κ1) is 18.6. The first-order valence-electron chi connectivity index (χ1n) is 8.85. The molecule has 27 heavy (non-hydrogen) atoms. The summed E-state index contributed by atoms with van der Waals surface area (Å²) in [7, 11) is 0. The maximum Gasteiger partial charge on any atom is 0.339 e. The van der Waals surface area contributed by atoms with E-state index in [1.54, 1.807) is 29.2 Å². The van der Waals surface area contributed by atoms with Crippen LogP contribution in [-0.4, -0.2) is 34.8 Å². The molecule has 0 N–H and O–H groups in total. The van der Waals surface area contributed by atoms with Crippen molar-refractivity contribution in [1.29, 1.82) is 0 Å². The average molecular weight is 368 g/mol. The van der Waals surface area contributed by atoms with Crippen molar-refractivity contribution in [2.24, 2.45) is 0 Å². The van der Waals surface area contributed by atoms with E-state index >= 15 is 0 Å². The fourth-order valence-electron chi connectivity index (χ4n) is 3.06. The van der Waals surface area contributed by atoms with Crippen LogP contribution in [-0.2, 0) is 9.53 Å². The number of hydrogen-bond acceptors (Lipinski definition) is 5. The number of likely N-dealkylation sites (tertiary alicyclic amines) is 1. The van der Waals surface area contributed by atoms with Gasteiger partial charge in [-0.25, -0.2) is 4.79 Å². The zero-order valence-corrected chi connectivity index (χ0v) is 14.7. The minimum absolute atomic E-state index is 0.115. The van der Waals surface area contributed by atoms with Gasteiger partial charge in [-0.05, 0) is 31.4 Å². The molecule has 0 spiro atoms. The molecule has 140 valence electrons. The average Bonchev–Trinajstić information content (AvgIpc) is 2.72. The highest BCUT2D eigenvalue weighted by atomic mass is 16.6. The number of non-ortho nitro benzene ring substituents is 1. The normalized spacial score (nSPS) is 15.0. The molecule has 7 nitrogen and oxygen atoms in total. The van der Waals surface area contributed by atoms with E-state index in [0.29, 0.717) is 18.7 Å². The number of nitro benzene ring substituents is 1. The third-order valence-corrected chi connectivity index (χ3v) is 4.53. The zero-order valence-electron chi connectivity index (χ0n) is 14.7. The first-order valence-corrected chi connectivity index (χ1v) is 8.85. The zero-order chi connectivity index (χ0) is 19.2. The van der Waals surface area contributed by atoms with Crippen molar-refractivity contribution in [1.82, 2.24) is 4.90 Å². The molecule has 3 rings (SSSR count). The van der Waals surface area contributed by atoms with Gasteiger partial charge in [0.25, 0.3) is 11.6 Å². The lowest BCUT2D eigenvalue weighted by Gasteiger charge is -2.30. The minimum atomic E-state index is -1.04. The van der Waals surface area contributed by atoms with E-state index in [1.165, 1.54) is 24.3 Å². The van der Waals surface area contributed by atoms with Crippen LogP contribution in [0.4, 0.5) is 5.69 Å². The van der Waals surface area contributed by atoms with E-state index in [0.717, 1.165) is 19.3 Å². The fraction of sp³-hybridized carbons (Fsp3) is 0.300. The SMILES string of the molecule is O=C(OC(C(=O)N1CCCCC1)c1ccccc1)c1ccc([N+](=O)[O-])cc1. The van der Waals surface area contributed by atoms with E-state index in [-0.39, 0.29) is 17.2 Å². The standard InChI is InChI=1S/C20H20N2O5/c23-19(21-13-5-2-6-14-21)18(15-7-3-1-4-8-15)27-20(24)16-9-11-17(12-10-16)22(25)26/h1,3-4,7-12,18H,2,5-6,13-14H2. The van der Waals surface area contributed by atoms with Crippen LogP contribution < -0.4 is 0 Å². The summed E-state index contributed by atoms with van der Waals surface area (Å²) >= 11 is 0. The molecule has 1 atom stereocenters. The predicted molar refractivity (Wildman–Crippen MR) is 98.1 cm³/mol. The van der Waals surface area contributed by atoms with Crippen molar-refractivity contribution in [3.63, 3.8) is 0 Å². The van der Waals surface area contributed by atoms with Crippen LogP contribution in [0.1, 0.15) is 41.3 Å². The third-order valence-electron chi connectivity index (χ3n) is 4.53. The van der Waals surface area contributed by atoms with E-state index in [1.807, 2.05) is 6.07 Å². The Morgan fingerprint density at radius 2 is 1.59 bits per heavy atom. The molecule has 0 radical (unpaired) electrons. The van der Waals surface area contributed by atoms with Crippen LogP contribution in [0.25, 0.3) is 0 Å². The number of piperidine rings is 1. The van der Waals surface area contributed by atoms with Crippen LogP contribution in [0.15, 0.2) is 54.6 Å². The van der Waals surface area contributed by atoms with Crippen LogP contribution in [0.5, 0.6) is 0 Å². The van der Waals surface area contributed by atoms with Crippen LogP contribution >= 0.6 is 0 Å². The molecular formula is C20H20N2O5. The summed E-state index contributed by atoms with van der Waals surface area (Å²) in [5, 5.41) is 10.7. The third kappa shape index (κ3) is 4.49. The van der Waals surface area contributed by atoms with Crippen molar-refractivity contribution in [2.75, 3.05) is 13.1 Å². The molecule has 7 heteroatoms. The minimum Gasteiger partial charge on any atom is -0.444 e. The summed E-state index contributed by atoms with van der Waals surface area (Å²) in [6.45, 7) is 1.30. The van der Waals surface area contributed by atoms with Gasteiger partial charge in [0.15, 0.2) is 0 Å². The highest BCUT2D eigenvalue weighted by Crippen LogP contribution is 2.24. The topological polar surface area (TPSA) is 89.8 Å². The second-order valence-electron chi connectivity index (χ2n) is 6.39. The molecule has 1 saturated heterocycles. The van der Waals surface area contributed by atoms with Gasteiger partial charge in [-0.3, -0.25) is 14.9 Å². The van der Waals surface area contributed by atoms with Crippen molar-refractivity contribution in [2.45, 2.75) is 25.4 Å². The summed E-state index contributed by atoms with van der Waals surface area (Å²) in [6, 6.07) is 14.0. The predicted octanol–water partition coefficient (Wildman–Crippen LogP) is 3.51. The molecule has 0 saturated carbocycles. The van der Waals surface area contributed by atoms with Crippen molar-refractivity contribution < 1.29 is 19.2 Å². The molecule has 1 aliphatic heterocycles. The van der Waals surface area contributed by atoms with Crippen molar-refractivity contribution in [3.05, 3.63) is 75.8 Å². The molecule has 2 aromatic rings. The Hall–Kier alpha value is -3.22. The number of rotatable bonds is 5. The lowest BCUT2D eigenvalue weighted by Crippen LogP contribution is -2.40. The number of hydrogen-bond donors (Lipinski definition) is 0. The summed E-state index contributed by atoms with van der Waals surface area (Å²) in [6.07, 6.45) is 1.92. The van der Waals surface area contributed by atoms with Gasteiger partial charge >= 0.3 is 5.97 Å². The number of carbonyl (C=O) groups is 2. The maximum absolute atomic E-state index is 13.0. The van der Waals surface area contributed by atoms with E-state index < -0.39 is 17.0 Å². The Morgan fingerprint density at radius 3 is 2.19 bits per heavy atom. The van der Waals surface area contributed by atoms with Crippen LogP contribution in [0.2, 0.25) is 0 Å². The number of esters is 1. The van der Waals surface area contributed by atoms with Gasteiger partial charge in [0.1, 0.15) is 0 Å². The molecular weight excluding hydrogens is 348 g/mol. The maximum atomic E-state index is 13.0. The molecule has 1 heterocycles. The molecule has 1 aliphatic rings. The molecule has 1 amide bonds. The smallest absolute Gasteiger partial charge is 0.339 e. The monoisotopic (exact) mass is 368 g/mol. The summed E-state index contributed by atoms with van der Waals surface area (Å²) in [4.78, 5) is 37.4. The van der Waals surface area contributed by atoms with Crippen molar-refractivity contribution in [3.8, 4) is 0 Å². The van der Waals surface area contributed by atoms with Gasteiger partial charge in [-0.1, -0.05) is 30.3 Å². The number of carbonyl (C=O) groups excluding carboxylic acids is 2. The van der Waals surface area contributed by atoms with Crippen LogP contribution in [0.3, 0.4) is 0 Å². The lowest BCUT2D eigenvalue weighted by atomic mass is 10.1. The van der Waals surface area contributed by atoms with E-state index in [2.05, 4.69) is 0 Å². The van der Waals surface area contributed by atoms with E-state index in [4.69, 9.17) is 4.74 Å². The van der Waals surface area contributed by atoms with Crippen LogP contribution in [0, 0.1) is 10.1 Å². The largest absolute Gasteiger partial charge is 0.444 e. The lowest BCUT2D eigenvalue weighted by molar-refractivity contribution is -0.384. The molecule has 0 aromatic heterocycles. The number of nitrogens with zero attached hydrogens (tertiary/aromatic N) is 2. The number of amides is 1. The second-order valence-corrected chi connectivity index (χ2v) is 6.39. The van der Waals surface area contributed by atoms with Gasteiger partial charge < -0.3 is 9.64 Å². The molecule has 2 aromatic carbocycles. The second kappa shape index (κ2) is 8.44. The van der Waals surface area contributed by atoms with Gasteiger partial charge in [-0.2, -0.15) is 0 Å². The Morgan fingerprint density at radius 1 is 0.963 bits per heavy atom. The Kier molecular flexibility index (Phi) is 5.80. The number of ether oxygens (including phenoxy) is 1. The Bertz CT molecular complexity index is 814. The fourth-order valence-corrected chi connectivity index (χ4v) is 3.06. The molecule has 0 aliphatic carbocycles. The molecule has 0 bridgehead atoms. The number of benzene rings is 2. The summed E-state index contributed by atoms with van der Waals surface area (Å²) in [5.41, 5.74) is 0.645. The highest BCUT2D eigenvalue weighted by Gasteiger charge is 2.30. The Balaban J connectivity index is 1.81. The van der Waals surface area contributed by atoms with Gasteiger partial charge in [0.2, 0.25) is 6.10 Å². The van der Waals surface area contributed by atoms with E-state index in [9.17, 15) is 19.7 Å².